The van der Waals surface area contributed by atoms with Gasteiger partial charge in [0, 0.05) is 37.7 Å². The molecule has 5 rings (SSSR count). The summed E-state index contributed by atoms with van der Waals surface area (Å²) in [6.45, 7) is 3.73. The van der Waals surface area contributed by atoms with Gasteiger partial charge in [-0.3, -0.25) is 14.5 Å². The van der Waals surface area contributed by atoms with Crippen LogP contribution in [0.25, 0.3) is 0 Å². The predicted molar refractivity (Wildman–Crippen MR) is 103 cm³/mol. The zero-order chi connectivity index (χ0) is 19.0. The molecule has 1 saturated heterocycles. The molecule has 4 aliphatic rings. The number of piperazine rings is 1. The van der Waals surface area contributed by atoms with Crippen LogP contribution in [-0.2, 0) is 16.1 Å². The molecule has 1 saturated carbocycles. The minimum absolute atomic E-state index is 0.00516. The van der Waals surface area contributed by atoms with E-state index in [4.69, 9.17) is 11.6 Å². The fourth-order valence-corrected chi connectivity index (χ4v) is 5.11. The van der Waals surface area contributed by atoms with Crippen molar-refractivity contribution < 1.29 is 14.7 Å². The molecule has 3 aliphatic carbocycles. The summed E-state index contributed by atoms with van der Waals surface area (Å²) < 4.78 is 0. The van der Waals surface area contributed by atoms with E-state index in [9.17, 15) is 14.7 Å². The van der Waals surface area contributed by atoms with Gasteiger partial charge in [0.05, 0.1) is 11.8 Å². The van der Waals surface area contributed by atoms with Gasteiger partial charge in [0.1, 0.15) is 0 Å². The molecule has 2 fully saturated rings. The Morgan fingerprint density at radius 3 is 2.30 bits per heavy atom. The van der Waals surface area contributed by atoms with E-state index >= 15 is 0 Å². The molecule has 1 N–H and O–H groups in total. The fraction of sp³-hybridized carbons (Fsp3) is 0.524. The van der Waals surface area contributed by atoms with E-state index in [2.05, 4.69) is 17.0 Å². The van der Waals surface area contributed by atoms with E-state index in [1.807, 2.05) is 29.2 Å². The zero-order valence-electron chi connectivity index (χ0n) is 15.3. The molecule has 1 aromatic carbocycles. The Balaban J connectivity index is 1.38. The molecule has 4 atom stereocenters. The zero-order valence-corrected chi connectivity index (χ0v) is 16.0. The van der Waals surface area contributed by atoms with Crippen LogP contribution in [0.3, 0.4) is 0 Å². The number of amides is 1. The van der Waals surface area contributed by atoms with E-state index in [0.717, 1.165) is 37.5 Å². The Kier molecular flexibility index (Phi) is 5.24. The Morgan fingerprint density at radius 2 is 1.70 bits per heavy atom. The number of carboxylic acid groups (broad SMARTS) is 1. The van der Waals surface area contributed by atoms with E-state index in [0.29, 0.717) is 13.1 Å². The lowest BCUT2D eigenvalue weighted by molar-refractivity contribution is -0.157. The highest BCUT2D eigenvalue weighted by molar-refractivity contribution is 6.30. The summed E-state index contributed by atoms with van der Waals surface area (Å²) in [6.07, 6.45) is 5.90. The highest BCUT2D eigenvalue weighted by atomic mass is 35.5. The first-order valence-corrected chi connectivity index (χ1v) is 10.1. The summed E-state index contributed by atoms with van der Waals surface area (Å²) in [4.78, 5) is 29.2. The number of nitrogens with zero attached hydrogens (tertiary/aromatic N) is 2. The molecule has 27 heavy (non-hydrogen) atoms. The Morgan fingerprint density at radius 1 is 1.04 bits per heavy atom. The van der Waals surface area contributed by atoms with Crippen LogP contribution in [0.15, 0.2) is 36.4 Å². The number of fused-ring (bicyclic) bond motifs is 2. The largest absolute Gasteiger partial charge is 0.481 e. The van der Waals surface area contributed by atoms with Crippen molar-refractivity contribution in [2.45, 2.75) is 19.4 Å². The quantitative estimate of drug-likeness (QED) is 0.806. The Hall–Kier alpha value is -1.85. The highest BCUT2D eigenvalue weighted by Crippen LogP contribution is 2.45. The molecule has 0 spiro atoms. The molecule has 0 unspecified atom stereocenters. The van der Waals surface area contributed by atoms with Gasteiger partial charge in [0.25, 0.3) is 0 Å². The first-order chi connectivity index (χ1) is 13.0. The van der Waals surface area contributed by atoms with Crippen molar-refractivity contribution in [3.05, 3.63) is 47.0 Å². The fourth-order valence-electron chi connectivity index (χ4n) is 4.90. The Bertz CT molecular complexity index is 758. The number of carbonyl (C=O) groups excluding carboxylic acids is 1. The third-order valence-electron chi connectivity index (χ3n) is 6.30. The van der Waals surface area contributed by atoms with Crippen molar-refractivity contribution in [3.63, 3.8) is 0 Å². The molecular formula is C21H25ClN2O3. The van der Waals surface area contributed by atoms with Crippen LogP contribution in [0, 0.1) is 23.7 Å². The number of carbonyl (C=O) groups is 2. The lowest BCUT2D eigenvalue weighted by Gasteiger charge is -2.45. The first kappa shape index (κ1) is 18.5. The maximum atomic E-state index is 13.2. The molecule has 1 heterocycles. The van der Waals surface area contributed by atoms with Crippen molar-refractivity contribution in [1.82, 2.24) is 9.80 Å². The molecule has 1 amide bonds. The van der Waals surface area contributed by atoms with Gasteiger partial charge >= 0.3 is 5.97 Å². The molecule has 2 bridgehead atoms. The summed E-state index contributed by atoms with van der Waals surface area (Å²) in [5, 5.41) is 10.4. The summed E-state index contributed by atoms with van der Waals surface area (Å²) in [7, 11) is 0. The van der Waals surface area contributed by atoms with Crippen molar-refractivity contribution in [2.24, 2.45) is 23.7 Å². The lowest BCUT2D eigenvalue weighted by Crippen LogP contribution is -2.55. The average molecular weight is 389 g/mol. The summed E-state index contributed by atoms with van der Waals surface area (Å²) >= 11 is 6.06. The molecular weight excluding hydrogens is 364 g/mol. The first-order valence-electron chi connectivity index (χ1n) is 9.69. The number of halogens is 1. The maximum Gasteiger partial charge on any atom is 0.307 e. The number of hydrogen-bond donors (Lipinski definition) is 1. The van der Waals surface area contributed by atoms with Gasteiger partial charge in [-0.2, -0.15) is 0 Å². The topological polar surface area (TPSA) is 60.9 Å². The van der Waals surface area contributed by atoms with Crippen molar-refractivity contribution in [2.75, 3.05) is 26.2 Å². The number of carboxylic acids is 1. The maximum absolute atomic E-state index is 13.2. The van der Waals surface area contributed by atoms with Crippen LogP contribution < -0.4 is 0 Å². The van der Waals surface area contributed by atoms with Crippen LogP contribution in [0.4, 0.5) is 0 Å². The molecule has 1 aliphatic heterocycles. The normalized spacial score (nSPS) is 30.5. The summed E-state index contributed by atoms with van der Waals surface area (Å²) in [5.74, 6) is -1.68. The second-order valence-electron chi connectivity index (χ2n) is 7.91. The monoisotopic (exact) mass is 388 g/mol. The van der Waals surface area contributed by atoms with Gasteiger partial charge in [-0.25, -0.2) is 0 Å². The van der Waals surface area contributed by atoms with E-state index in [1.54, 1.807) is 0 Å². The highest BCUT2D eigenvalue weighted by Gasteiger charge is 2.49. The number of aliphatic carboxylic acids is 1. The van der Waals surface area contributed by atoms with Crippen LogP contribution in [0.1, 0.15) is 18.4 Å². The smallest absolute Gasteiger partial charge is 0.307 e. The SMILES string of the molecule is O=C(O)[C@H]1[C@@H](C(=O)N2CCN(Cc3cccc(Cl)c3)CC2)[C@H]2C=C[C@@H]1CC2. The standard InChI is InChI=1S/C21H25ClN2O3/c22-17-3-1-2-14(12-17)13-23-8-10-24(11-9-23)20(25)18-15-4-6-16(7-5-15)19(18)21(26)27/h1-4,6,12,15-16,18-19H,5,7-11,13H2,(H,26,27)/t15-,16+,18-,19+/m0/s1. The third-order valence-corrected chi connectivity index (χ3v) is 6.53. The van der Waals surface area contributed by atoms with Crippen LogP contribution in [0.5, 0.6) is 0 Å². The van der Waals surface area contributed by atoms with Crippen molar-refractivity contribution in [1.29, 1.82) is 0 Å². The van der Waals surface area contributed by atoms with Gasteiger partial charge in [0.15, 0.2) is 0 Å². The van der Waals surface area contributed by atoms with Gasteiger partial charge < -0.3 is 10.0 Å². The molecule has 5 nitrogen and oxygen atoms in total. The molecule has 144 valence electrons. The second-order valence-corrected chi connectivity index (χ2v) is 8.35. The van der Waals surface area contributed by atoms with Crippen molar-refractivity contribution in [3.8, 4) is 0 Å². The van der Waals surface area contributed by atoms with Gasteiger partial charge in [-0.05, 0) is 42.4 Å². The van der Waals surface area contributed by atoms with E-state index in [-0.39, 0.29) is 17.7 Å². The molecule has 1 aromatic rings. The lowest BCUT2D eigenvalue weighted by atomic mass is 9.62. The number of benzene rings is 1. The molecule has 6 heteroatoms. The average Bonchev–Trinajstić information content (AvgIpc) is 2.68. The third kappa shape index (κ3) is 3.76. The number of allylic oxidation sites excluding steroid dienone is 2. The summed E-state index contributed by atoms with van der Waals surface area (Å²) in [5.41, 5.74) is 1.17. The van der Waals surface area contributed by atoms with Gasteiger partial charge in [-0.15, -0.1) is 0 Å². The van der Waals surface area contributed by atoms with E-state index in [1.165, 1.54) is 5.56 Å². The molecule has 0 aromatic heterocycles. The van der Waals surface area contributed by atoms with Gasteiger partial charge in [0.2, 0.25) is 5.91 Å². The number of hydrogen-bond acceptors (Lipinski definition) is 3. The van der Waals surface area contributed by atoms with Crippen LogP contribution >= 0.6 is 11.6 Å². The minimum Gasteiger partial charge on any atom is -0.481 e. The second kappa shape index (κ2) is 7.64. The molecule has 0 radical (unpaired) electrons. The summed E-state index contributed by atoms with van der Waals surface area (Å²) in [6, 6.07) is 7.86. The van der Waals surface area contributed by atoms with Crippen LogP contribution in [0.2, 0.25) is 5.02 Å². The minimum atomic E-state index is -0.827. The number of rotatable bonds is 4. The van der Waals surface area contributed by atoms with Crippen molar-refractivity contribution >= 4 is 23.5 Å². The van der Waals surface area contributed by atoms with Crippen LogP contribution in [-0.4, -0.2) is 53.0 Å². The van der Waals surface area contributed by atoms with E-state index < -0.39 is 17.8 Å². The van der Waals surface area contributed by atoms with Gasteiger partial charge in [-0.1, -0.05) is 35.9 Å². The predicted octanol–water partition coefficient (Wildman–Crippen LogP) is 2.90. The Labute approximate surface area is 164 Å².